The Morgan fingerprint density at radius 3 is 2.88 bits per heavy atom. The van der Waals surface area contributed by atoms with Gasteiger partial charge in [-0.2, -0.15) is 0 Å². The van der Waals surface area contributed by atoms with Gasteiger partial charge in [-0.1, -0.05) is 5.16 Å². The van der Waals surface area contributed by atoms with E-state index in [1.807, 2.05) is 24.9 Å². The number of imidazole rings is 1. The molecule has 1 amide bonds. The lowest BCUT2D eigenvalue weighted by Gasteiger charge is -2.36. The Kier molecular flexibility index (Phi) is 3.88. The largest absolute Gasteiger partial charge is 0.361 e. The summed E-state index contributed by atoms with van der Waals surface area (Å²) in [4.78, 5) is 24.8. The third-order valence-electron chi connectivity index (χ3n) is 5.31. The molecular formula is C17H23N5O2. The highest BCUT2D eigenvalue weighted by Crippen LogP contribution is 2.31. The number of rotatable bonds is 4. The van der Waals surface area contributed by atoms with Gasteiger partial charge in [0.15, 0.2) is 0 Å². The van der Waals surface area contributed by atoms with E-state index in [0.29, 0.717) is 6.54 Å². The van der Waals surface area contributed by atoms with Crippen LogP contribution in [0.2, 0.25) is 0 Å². The molecule has 0 aromatic carbocycles. The zero-order chi connectivity index (χ0) is 16.7. The van der Waals surface area contributed by atoms with Crippen LogP contribution in [0.25, 0.3) is 0 Å². The van der Waals surface area contributed by atoms with Crippen LogP contribution in [0.5, 0.6) is 0 Å². The van der Waals surface area contributed by atoms with Crippen LogP contribution in [0.4, 0.5) is 0 Å². The lowest BCUT2D eigenvalue weighted by molar-refractivity contribution is -0.140. The topological polar surface area (TPSA) is 78.3 Å². The number of fused-ring (bicyclic) bond motifs is 4. The average molecular weight is 329 g/mol. The number of piperidine rings is 1. The molecule has 3 aliphatic heterocycles. The molecule has 0 spiro atoms. The van der Waals surface area contributed by atoms with Crippen molar-refractivity contribution in [1.82, 2.24) is 24.9 Å². The molecule has 2 unspecified atom stereocenters. The van der Waals surface area contributed by atoms with Gasteiger partial charge in [-0.05, 0) is 26.7 Å². The number of nitrogens with one attached hydrogen (secondary N) is 1. The fourth-order valence-corrected chi connectivity index (χ4v) is 3.96. The Balaban J connectivity index is 1.53. The number of aromatic nitrogens is 3. The van der Waals surface area contributed by atoms with Crippen molar-refractivity contribution in [3.63, 3.8) is 0 Å². The Bertz CT molecular complexity index is 704. The molecule has 7 heteroatoms. The molecule has 5 heterocycles. The molecule has 0 saturated carbocycles. The van der Waals surface area contributed by atoms with Crippen molar-refractivity contribution in [2.45, 2.75) is 45.8 Å². The van der Waals surface area contributed by atoms with Crippen molar-refractivity contribution in [3.05, 3.63) is 35.2 Å². The molecular weight excluding hydrogens is 306 g/mol. The summed E-state index contributed by atoms with van der Waals surface area (Å²) in [5.41, 5.74) is 1.93. The summed E-state index contributed by atoms with van der Waals surface area (Å²) in [6.45, 7) is 6.94. The number of aromatic amines is 1. The third-order valence-corrected chi connectivity index (χ3v) is 5.31. The van der Waals surface area contributed by atoms with Gasteiger partial charge in [0.2, 0.25) is 5.91 Å². The van der Waals surface area contributed by atoms with Gasteiger partial charge in [0.1, 0.15) is 11.6 Å². The van der Waals surface area contributed by atoms with E-state index in [1.54, 1.807) is 6.20 Å². The first-order valence-electron chi connectivity index (χ1n) is 8.54. The second-order valence-corrected chi connectivity index (χ2v) is 6.93. The molecule has 3 aliphatic rings. The first-order chi connectivity index (χ1) is 11.6. The van der Waals surface area contributed by atoms with Gasteiger partial charge in [0, 0.05) is 37.1 Å². The number of hydrogen-bond donors (Lipinski definition) is 1. The van der Waals surface area contributed by atoms with Crippen molar-refractivity contribution >= 4 is 5.91 Å². The van der Waals surface area contributed by atoms with Crippen LogP contribution < -0.4 is 0 Å². The summed E-state index contributed by atoms with van der Waals surface area (Å²) < 4.78 is 5.26. The molecule has 2 aromatic heterocycles. The van der Waals surface area contributed by atoms with E-state index in [1.165, 1.54) is 0 Å². The van der Waals surface area contributed by atoms with Gasteiger partial charge in [-0.15, -0.1) is 0 Å². The summed E-state index contributed by atoms with van der Waals surface area (Å²) in [6, 6.07) is 0.250. The Labute approximate surface area is 141 Å². The van der Waals surface area contributed by atoms with Crippen LogP contribution in [0.1, 0.15) is 35.7 Å². The number of H-pyrrole nitrogens is 1. The Morgan fingerprint density at radius 2 is 2.17 bits per heavy atom. The number of carbonyl (C=O) groups is 1. The first-order valence-corrected chi connectivity index (χ1v) is 8.54. The molecule has 128 valence electrons. The van der Waals surface area contributed by atoms with Crippen LogP contribution in [-0.2, 0) is 17.9 Å². The maximum atomic E-state index is 12.9. The average Bonchev–Trinajstić information content (AvgIpc) is 3.08. The summed E-state index contributed by atoms with van der Waals surface area (Å²) in [5.74, 6) is 2.13. The second kappa shape index (κ2) is 6.05. The molecule has 0 aliphatic carbocycles. The zero-order valence-corrected chi connectivity index (χ0v) is 14.2. The van der Waals surface area contributed by atoms with Gasteiger partial charge in [0.25, 0.3) is 0 Å². The Hall–Kier alpha value is -2.15. The predicted molar refractivity (Wildman–Crippen MR) is 86.9 cm³/mol. The highest BCUT2D eigenvalue weighted by molar-refractivity contribution is 5.80. The minimum Gasteiger partial charge on any atom is -0.361 e. The van der Waals surface area contributed by atoms with E-state index in [9.17, 15) is 4.79 Å². The van der Waals surface area contributed by atoms with E-state index in [2.05, 4.69) is 20.0 Å². The van der Waals surface area contributed by atoms with Crippen molar-refractivity contribution in [2.24, 2.45) is 5.92 Å². The monoisotopic (exact) mass is 329 g/mol. The molecule has 2 bridgehead atoms. The lowest BCUT2D eigenvalue weighted by atomic mass is 9.93. The minimum absolute atomic E-state index is 0.0826. The number of aryl methyl sites for hydroxylation is 2. The van der Waals surface area contributed by atoms with Crippen LogP contribution in [-0.4, -0.2) is 50.0 Å². The van der Waals surface area contributed by atoms with Crippen LogP contribution in [0, 0.1) is 19.8 Å². The molecule has 1 N–H and O–H groups in total. The summed E-state index contributed by atoms with van der Waals surface area (Å²) >= 11 is 0. The molecule has 3 saturated heterocycles. The minimum atomic E-state index is 0.0826. The fraction of sp³-hybridized carbons (Fsp3) is 0.588. The van der Waals surface area contributed by atoms with E-state index in [-0.39, 0.29) is 17.9 Å². The van der Waals surface area contributed by atoms with E-state index < -0.39 is 0 Å². The molecule has 2 aromatic rings. The smallest absolute Gasteiger partial charge is 0.227 e. The van der Waals surface area contributed by atoms with Crippen LogP contribution in [0.15, 0.2) is 16.9 Å². The molecule has 0 radical (unpaired) electrons. The second-order valence-electron chi connectivity index (χ2n) is 6.93. The van der Waals surface area contributed by atoms with E-state index in [0.717, 1.165) is 55.3 Å². The summed E-state index contributed by atoms with van der Waals surface area (Å²) in [6.07, 6.45) is 5.66. The molecule has 5 rings (SSSR count). The third kappa shape index (κ3) is 2.73. The quantitative estimate of drug-likeness (QED) is 0.922. The van der Waals surface area contributed by atoms with Crippen LogP contribution >= 0.6 is 0 Å². The van der Waals surface area contributed by atoms with E-state index in [4.69, 9.17) is 4.52 Å². The number of amides is 1. The molecule has 7 nitrogen and oxygen atoms in total. The van der Waals surface area contributed by atoms with Gasteiger partial charge >= 0.3 is 0 Å². The number of hydrogen-bond acceptors (Lipinski definition) is 5. The fourth-order valence-electron chi connectivity index (χ4n) is 3.96. The number of nitrogens with zero attached hydrogens (tertiary/aromatic N) is 4. The predicted octanol–water partition coefficient (Wildman–Crippen LogP) is 1.64. The maximum Gasteiger partial charge on any atom is 0.227 e. The standard InChI is InChI=1S/C17H23N5O2/c1-11-15(12(2)24-20-11)9-22-14-4-3-13(17(22)23)7-21(8-14)10-16-18-5-6-19-16/h5-6,13-14H,3-4,7-10H2,1-2H3,(H,18,19). The molecule has 3 fully saturated rings. The normalized spacial score (nSPS) is 24.6. The van der Waals surface area contributed by atoms with E-state index >= 15 is 0 Å². The van der Waals surface area contributed by atoms with Crippen molar-refractivity contribution < 1.29 is 9.32 Å². The van der Waals surface area contributed by atoms with Crippen molar-refractivity contribution in [2.75, 3.05) is 13.1 Å². The maximum absolute atomic E-state index is 12.9. The van der Waals surface area contributed by atoms with Gasteiger partial charge < -0.3 is 14.4 Å². The zero-order valence-electron chi connectivity index (χ0n) is 14.2. The number of carbonyl (C=O) groups excluding carboxylic acids is 1. The SMILES string of the molecule is Cc1noc(C)c1CN1C(=O)C2CCC1CN(Cc1ncc[nH]1)C2. The first kappa shape index (κ1) is 15.4. The van der Waals surface area contributed by atoms with Crippen molar-refractivity contribution in [3.8, 4) is 0 Å². The summed E-state index contributed by atoms with van der Waals surface area (Å²) in [7, 11) is 0. The lowest BCUT2D eigenvalue weighted by Crippen LogP contribution is -2.47. The van der Waals surface area contributed by atoms with Gasteiger partial charge in [-0.25, -0.2) is 4.98 Å². The molecule has 24 heavy (non-hydrogen) atoms. The van der Waals surface area contributed by atoms with Crippen molar-refractivity contribution in [1.29, 1.82) is 0 Å². The van der Waals surface area contributed by atoms with Crippen LogP contribution in [0.3, 0.4) is 0 Å². The Morgan fingerprint density at radius 1 is 1.29 bits per heavy atom. The highest BCUT2D eigenvalue weighted by Gasteiger charge is 2.41. The highest BCUT2D eigenvalue weighted by atomic mass is 16.5. The van der Waals surface area contributed by atoms with Gasteiger partial charge in [-0.3, -0.25) is 9.69 Å². The molecule has 2 atom stereocenters. The summed E-state index contributed by atoms with van der Waals surface area (Å²) in [5, 5.41) is 4.02. The van der Waals surface area contributed by atoms with Gasteiger partial charge in [0.05, 0.1) is 24.7 Å².